The lowest BCUT2D eigenvalue weighted by Gasteiger charge is -2.06. The monoisotopic (exact) mass is 270 g/mol. The van der Waals surface area contributed by atoms with Crippen molar-refractivity contribution < 1.29 is 19.7 Å². The third-order valence-electron chi connectivity index (χ3n) is 1.52. The molecule has 0 heterocycles. The summed E-state index contributed by atoms with van der Waals surface area (Å²) in [6.07, 6.45) is 0. The largest absolute Gasteiger partial charge is 0.642 e. The van der Waals surface area contributed by atoms with Crippen LogP contribution < -0.4 is 0 Å². The van der Waals surface area contributed by atoms with Crippen LogP contribution in [0.1, 0.15) is 6.92 Å². The second kappa shape index (κ2) is 4.65. The summed E-state index contributed by atoms with van der Waals surface area (Å²) in [5.74, 6) is -2.15. The van der Waals surface area contributed by atoms with Gasteiger partial charge >= 0.3 is 16.5 Å². The van der Waals surface area contributed by atoms with E-state index in [4.69, 9.17) is 11.6 Å². The average Bonchev–Trinajstić information content (AvgIpc) is 2.10. The summed E-state index contributed by atoms with van der Waals surface area (Å²) in [4.78, 5) is 31.8. The fraction of sp³-hybridized carbons (Fsp3) is 0.500. The van der Waals surface area contributed by atoms with E-state index in [-0.39, 0.29) is 0 Å². The summed E-state index contributed by atoms with van der Waals surface area (Å²) in [6, 6.07) is 0. The van der Waals surface area contributed by atoms with Gasteiger partial charge in [-0.1, -0.05) is 0 Å². The number of hydrogen-bond acceptors (Lipinski definition) is 8. The molecule has 0 fully saturated rings. The van der Waals surface area contributed by atoms with Crippen LogP contribution in [0.5, 0.6) is 0 Å². The second-order valence-electron chi connectivity index (χ2n) is 2.65. The zero-order chi connectivity index (χ0) is 14.0. The molecule has 0 saturated heterocycles. The SMILES string of the molecule is CC(Cl)(C(=C([N+](=O)[O-])[N+](=O)[O-])[N+](=O)[O-])[N+](=O)[O-]. The predicted molar refractivity (Wildman–Crippen MR) is 49.3 cm³/mol. The first-order valence-electron chi connectivity index (χ1n) is 3.54. The van der Waals surface area contributed by atoms with Gasteiger partial charge in [0, 0.05) is 6.92 Å². The van der Waals surface area contributed by atoms with Crippen molar-refractivity contribution >= 4 is 11.6 Å². The van der Waals surface area contributed by atoms with E-state index in [9.17, 15) is 40.5 Å². The van der Waals surface area contributed by atoms with E-state index in [1.165, 1.54) is 0 Å². The minimum absolute atomic E-state index is 0.430. The Bertz CT molecular complexity index is 425. The summed E-state index contributed by atoms with van der Waals surface area (Å²) in [5, 5.41) is 41.4. The standard InChI is InChI=1S/C4H3ClN4O8/c1-4(5,9(16)17)2(6(10)11)3(7(12)13)8(14)15/h1H3. The molecule has 1 atom stereocenters. The smallest absolute Gasteiger partial charge is 0.262 e. The maximum Gasteiger partial charge on any atom is 0.642 e. The van der Waals surface area contributed by atoms with Crippen LogP contribution in [0.3, 0.4) is 0 Å². The summed E-state index contributed by atoms with van der Waals surface area (Å²) in [5.41, 5.74) is -1.92. The molecule has 0 aliphatic carbocycles. The molecule has 0 amide bonds. The van der Waals surface area contributed by atoms with Gasteiger partial charge in [0.25, 0.3) is 0 Å². The molecule has 94 valence electrons. The van der Waals surface area contributed by atoms with Crippen molar-refractivity contribution in [2.45, 2.75) is 11.9 Å². The number of halogens is 1. The number of nitrogens with zero attached hydrogens (tertiary/aromatic N) is 4. The quantitative estimate of drug-likeness (QED) is 0.295. The van der Waals surface area contributed by atoms with Gasteiger partial charge in [0.1, 0.15) is 9.85 Å². The average molecular weight is 271 g/mol. The van der Waals surface area contributed by atoms with Crippen molar-refractivity contribution in [2.75, 3.05) is 0 Å². The van der Waals surface area contributed by atoms with Gasteiger partial charge in [0.05, 0.1) is 9.85 Å². The van der Waals surface area contributed by atoms with Crippen LogP contribution in [0.25, 0.3) is 0 Å². The van der Waals surface area contributed by atoms with Crippen LogP contribution in [0.4, 0.5) is 0 Å². The summed E-state index contributed by atoms with van der Waals surface area (Å²) in [7, 11) is 0. The van der Waals surface area contributed by atoms with Gasteiger partial charge in [-0.3, -0.25) is 40.5 Å². The fourth-order valence-electron chi connectivity index (χ4n) is 0.778. The molecule has 17 heavy (non-hydrogen) atoms. The maximum absolute atomic E-state index is 10.5. The Morgan fingerprint density at radius 3 is 1.47 bits per heavy atom. The molecule has 0 spiro atoms. The van der Waals surface area contributed by atoms with Crippen molar-refractivity contribution in [1.29, 1.82) is 0 Å². The van der Waals surface area contributed by atoms with E-state index in [2.05, 4.69) is 0 Å². The van der Waals surface area contributed by atoms with Gasteiger partial charge in [-0.15, -0.1) is 0 Å². The van der Waals surface area contributed by atoms with Crippen molar-refractivity contribution in [3.63, 3.8) is 0 Å². The molecule has 0 bridgehead atoms. The van der Waals surface area contributed by atoms with Crippen LogP contribution >= 0.6 is 11.6 Å². The molecule has 0 saturated carbocycles. The molecule has 0 radical (unpaired) electrons. The van der Waals surface area contributed by atoms with E-state index < -0.39 is 36.2 Å². The highest BCUT2D eigenvalue weighted by Crippen LogP contribution is 2.28. The molecule has 0 N–H and O–H groups in total. The number of nitro groups is 4. The molecular weight excluding hydrogens is 268 g/mol. The Morgan fingerprint density at radius 1 is 0.941 bits per heavy atom. The summed E-state index contributed by atoms with van der Waals surface area (Å²) >= 11 is 5.11. The normalized spacial score (nSPS) is 13.3. The number of alkyl halides is 1. The Kier molecular flexibility index (Phi) is 4.00. The zero-order valence-electron chi connectivity index (χ0n) is 7.93. The topological polar surface area (TPSA) is 173 Å². The van der Waals surface area contributed by atoms with Gasteiger partial charge < -0.3 is 0 Å². The zero-order valence-corrected chi connectivity index (χ0v) is 8.69. The van der Waals surface area contributed by atoms with Crippen molar-refractivity contribution in [2.24, 2.45) is 0 Å². The Balaban J connectivity index is 6.25. The van der Waals surface area contributed by atoms with Crippen molar-refractivity contribution in [1.82, 2.24) is 0 Å². The van der Waals surface area contributed by atoms with Crippen LogP contribution in [0, 0.1) is 40.5 Å². The lowest BCUT2D eigenvalue weighted by molar-refractivity contribution is -0.643. The molecule has 0 aliphatic rings. The predicted octanol–water partition coefficient (Wildman–Crippen LogP) is 0.217. The fourth-order valence-corrected chi connectivity index (χ4v) is 0.932. The molecule has 0 aromatic carbocycles. The molecule has 0 aromatic heterocycles. The van der Waals surface area contributed by atoms with Gasteiger partial charge in [0.15, 0.2) is 0 Å². The van der Waals surface area contributed by atoms with Crippen LogP contribution in [0.15, 0.2) is 11.5 Å². The highest BCUT2D eigenvalue weighted by Gasteiger charge is 2.61. The molecular formula is C4H3ClN4O8. The van der Waals surface area contributed by atoms with Gasteiger partial charge in [-0.2, -0.15) is 0 Å². The van der Waals surface area contributed by atoms with Crippen LogP contribution in [0.2, 0.25) is 0 Å². The molecule has 0 aromatic rings. The molecule has 0 aliphatic heterocycles. The highest BCUT2D eigenvalue weighted by atomic mass is 35.5. The van der Waals surface area contributed by atoms with E-state index in [1.807, 2.05) is 0 Å². The minimum Gasteiger partial charge on any atom is -0.262 e. The van der Waals surface area contributed by atoms with E-state index in [0.717, 1.165) is 0 Å². The lowest BCUT2D eigenvalue weighted by Crippen LogP contribution is -2.37. The van der Waals surface area contributed by atoms with Crippen molar-refractivity contribution in [3.8, 4) is 0 Å². The maximum atomic E-state index is 10.5. The van der Waals surface area contributed by atoms with Crippen LogP contribution in [-0.2, 0) is 0 Å². The summed E-state index contributed by atoms with van der Waals surface area (Å²) in [6.45, 7) is 0.430. The molecule has 0 rings (SSSR count). The Hall–Kier alpha value is -2.37. The molecule has 12 nitrogen and oxygen atoms in total. The Morgan fingerprint density at radius 2 is 1.29 bits per heavy atom. The summed E-state index contributed by atoms with van der Waals surface area (Å²) < 4.78 is 0. The molecule has 13 heteroatoms. The van der Waals surface area contributed by atoms with Crippen LogP contribution in [-0.4, -0.2) is 24.7 Å². The second-order valence-corrected chi connectivity index (χ2v) is 3.39. The number of rotatable bonds is 5. The minimum atomic E-state index is -3.08. The van der Waals surface area contributed by atoms with Crippen molar-refractivity contribution in [3.05, 3.63) is 52.0 Å². The van der Waals surface area contributed by atoms with Gasteiger partial charge in [-0.25, -0.2) is 0 Å². The van der Waals surface area contributed by atoms with E-state index in [0.29, 0.717) is 6.92 Å². The van der Waals surface area contributed by atoms with E-state index >= 15 is 0 Å². The molecule has 1 unspecified atom stereocenters. The van der Waals surface area contributed by atoms with Gasteiger partial charge in [-0.05, 0) is 11.6 Å². The third-order valence-corrected chi connectivity index (χ3v) is 1.83. The lowest BCUT2D eigenvalue weighted by atomic mass is 10.2. The highest BCUT2D eigenvalue weighted by molar-refractivity contribution is 6.24. The first-order chi connectivity index (χ1) is 7.53. The first kappa shape index (κ1) is 14.6. The number of hydrogen-bond donors (Lipinski definition) is 0. The third kappa shape index (κ3) is 2.81. The van der Waals surface area contributed by atoms with Gasteiger partial charge in [0.2, 0.25) is 0 Å². The first-order valence-corrected chi connectivity index (χ1v) is 3.92. The van der Waals surface area contributed by atoms with E-state index in [1.54, 1.807) is 0 Å². The Labute approximate surface area is 96.1 Å².